The zero-order valence-corrected chi connectivity index (χ0v) is 15.1. The summed E-state index contributed by atoms with van der Waals surface area (Å²) in [7, 11) is 0. The molecular weight excluding hydrogens is 396 g/mol. The normalized spacial score (nSPS) is 15.7. The van der Waals surface area contributed by atoms with Gasteiger partial charge >= 0.3 is 6.61 Å². The number of ether oxygens (including phenoxy) is 1. The van der Waals surface area contributed by atoms with Crippen LogP contribution in [0.1, 0.15) is 15.9 Å². The van der Waals surface area contributed by atoms with Gasteiger partial charge in [0.2, 0.25) is 0 Å². The van der Waals surface area contributed by atoms with E-state index < -0.39 is 18.5 Å². The van der Waals surface area contributed by atoms with Crippen molar-refractivity contribution in [2.45, 2.75) is 6.61 Å². The Morgan fingerprint density at radius 1 is 1.22 bits per heavy atom. The molecule has 138 valence electrons. The second-order valence-electron chi connectivity index (χ2n) is 5.30. The Hall–Kier alpha value is -2.78. The van der Waals surface area contributed by atoms with Crippen LogP contribution in [0.15, 0.2) is 53.4 Å². The first-order chi connectivity index (χ1) is 12.8. The van der Waals surface area contributed by atoms with Crippen LogP contribution < -0.4 is 14.7 Å². The summed E-state index contributed by atoms with van der Waals surface area (Å²) < 4.78 is 28.9. The number of carbonyl (C=O) groups is 2. The number of thiocarbonyl (C=S) groups is 1. The van der Waals surface area contributed by atoms with E-state index >= 15 is 0 Å². The van der Waals surface area contributed by atoms with Crippen LogP contribution in [-0.2, 0) is 4.79 Å². The summed E-state index contributed by atoms with van der Waals surface area (Å²) >= 11 is 6.29. The molecule has 1 aliphatic heterocycles. The molecule has 27 heavy (non-hydrogen) atoms. The SMILES string of the molecule is O=C([O-])c1cccc(N2C(=O)/C(=C\c3ccc(OC(F)F)cc3)SC2=S)c1. The fraction of sp³-hybridized carbons (Fsp3) is 0.0556. The third-order valence-electron chi connectivity index (χ3n) is 3.54. The summed E-state index contributed by atoms with van der Waals surface area (Å²) in [6.07, 6.45) is 1.56. The second-order valence-corrected chi connectivity index (χ2v) is 6.98. The van der Waals surface area contributed by atoms with E-state index in [1.807, 2.05) is 0 Å². The van der Waals surface area contributed by atoms with Crippen LogP contribution >= 0.6 is 24.0 Å². The van der Waals surface area contributed by atoms with Crippen LogP contribution in [0.3, 0.4) is 0 Å². The van der Waals surface area contributed by atoms with Crippen LogP contribution in [0.5, 0.6) is 5.75 Å². The summed E-state index contributed by atoms with van der Waals surface area (Å²) in [6.45, 7) is -2.91. The topological polar surface area (TPSA) is 69.7 Å². The number of aromatic carboxylic acids is 1. The lowest BCUT2D eigenvalue weighted by molar-refractivity contribution is -0.255. The van der Waals surface area contributed by atoms with Crippen molar-refractivity contribution in [1.29, 1.82) is 0 Å². The molecule has 1 amide bonds. The minimum Gasteiger partial charge on any atom is -0.545 e. The molecule has 3 rings (SSSR count). The number of carboxylic acids is 1. The number of anilines is 1. The number of carboxylic acid groups (broad SMARTS) is 1. The highest BCUT2D eigenvalue weighted by Gasteiger charge is 2.33. The summed E-state index contributed by atoms with van der Waals surface area (Å²) in [6, 6.07) is 11.5. The maximum Gasteiger partial charge on any atom is 0.387 e. The fourth-order valence-corrected chi connectivity index (χ4v) is 3.66. The smallest absolute Gasteiger partial charge is 0.387 e. The highest BCUT2D eigenvalue weighted by Crippen LogP contribution is 2.36. The van der Waals surface area contributed by atoms with Crippen molar-refractivity contribution in [2.75, 3.05) is 4.90 Å². The van der Waals surface area contributed by atoms with Crippen LogP contribution in [0, 0.1) is 0 Å². The quantitative estimate of drug-likeness (QED) is 0.562. The highest BCUT2D eigenvalue weighted by molar-refractivity contribution is 8.27. The Labute approximate surface area is 162 Å². The van der Waals surface area contributed by atoms with Gasteiger partial charge in [-0.2, -0.15) is 8.78 Å². The lowest BCUT2D eigenvalue weighted by atomic mass is 10.2. The lowest BCUT2D eigenvalue weighted by Gasteiger charge is -2.15. The molecule has 0 N–H and O–H groups in total. The molecule has 1 saturated heterocycles. The van der Waals surface area contributed by atoms with E-state index in [1.54, 1.807) is 12.1 Å². The number of hydrogen-bond acceptors (Lipinski definition) is 6. The third-order valence-corrected chi connectivity index (χ3v) is 4.84. The molecule has 0 unspecified atom stereocenters. The maximum atomic E-state index is 12.7. The number of rotatable bonds is 5. The van der Waals surface area contributed by atoms with Crippen molar-refractivity contribution in [2.24, 2.45) is 0 Å². The molecular formula is C18H10F2NO4S2-. The summed E-state index contributed by atoms with van der Waals surface area (Å²) in [5.41, 5.74) is 0.851. The number of hydrogen-bond donors (Lipinski definition) is 0. The van der Waals surface area contributed by atoms with Gasteiger partial charge in [0, 0.05) is 0 Å². The van der Waals surface area contributed by atoms with E-state index in [4.69, 9.17) is 12.2 Å². The first-order valence-corrected chi connectivity index (χ1v) is 8.72. The molecule has 0 radical (unpaired) electrons. The Morgan fingerprint density at radius 3 is 2.56 bits per heavy atom. The molecule has 1 fully saturated rings. The standard InChI is InChI=1S/C18H11F2NO4S2/c19-17(20)25-13-6-4-10(5-7-13)8-14-15(22)21(18(26)27-14)12-3-1-2-11(9-12)16(23)24/h1-9,17H,(H,23,24)/p-1/b14-8+. The van der Waals surface area contributed by atoms with E-state index in [0.717, 1.165) is 11.8 Å². The maximum absolute atomic E-state index is 12.7. The first-order valence-electron chi connectivity index (χ1n) is 7.49. The van der Waals surface area contributed by atoms with Crippen LogP contribution in [-0.4, -0.2) is 22.8 Å². The molecule has 1 heterocycles. The van der Waals surface area contributed by atoms with Gasteiger partial charge in [0.1, 0.15) is 5.75 Å². The molecule has 0 bridgehead atoms. The number of thioether (sulfide) groups is 1. The molecule has 0 saturated carbocycles. The van der Waals surface area contributed by atoms with Crippen molar-refractivity contribution in [3.05, 3.63) is 64.6 Å². The van der Waals surface area contributed by atoms with Crippen LogP contribution in [0.25, 0.3) is 6.08 Å². The van der Waals surface area contributed by atoms with Gasteiger partial charge in [0.25, 0.3) is 5.91 Å². The van der Waals surface area contributed by atoms with Gasteiger partial charge in [-0.25, -0.2) is 0 Å². The monoisotopic (exact) mass is 406 g/mol. The molecule has 9 heteroatoms. The second kappa shape index (κ2) is 7.85. The molecule has 0 aliphatic carbocycles. The van der Waals surface area contributed by atoms with Crippen molar-refractivity contribution >= 4 is 51.9 Å². The van der Waals surface area contributed by atoms with Gasteiger partial charge in [-0.15, -0.1) is 0 Å². The van der Waals surface area contributed by atoms with Gasteiger partial charge in [0.05, 0.1) is 16.6 Å². The zero-order valence-electron chi connectivity index (χ0n) is 13.4. The van der Waals surface area contributed by atoms with Crippen LogP contribution in [0.2, 0.25) is 0 Å². The lowest BCUT2D eigenvalue weighted by Crippen LogP contribution is -2.28. The molecule has 1 aliphatic rings. The van der Waals surface area contributed by atoms with E-state index in [9.17, 15) is 23.5 Å². The summed E-state index contributed by atoms with van der Waals surface area (Å²) in [5.74, 6) is -1.76. The largest absolute Gasteiger partial charge is 0.545 e. The van der Waals surface area contributed by atoms with Gasteiger partial charge in [-0.1, -0.05) is 48.2 Å². The Balaban J connectivity index is 1.84. The first kappa shape index (κ1) is 19.0. The van der Waals surface area contributed by atoms with Gasteiger partial charge in [0.15, 0.2) is 4.32 Å². The predicted molar refractivity (Wildman–Crippen MR) is 99.5 cm³/mol. The number of halogens is 2. The zero-order chi connectivity index (χ0) is 19.6. The number of amides is 1. The van der Waals surface area contributed by atoms with E-state index in [2.05, 4.69) is 4.74 Å². The molecule has 2 aromatic rings. The van der Waals surface area contributed by atoms with Crippen molar-refractivity contribution < 1.29 is 28.2 Å². The van der Waals surface area contributed by atoms with Crippen molar-refractivity contribution in [3.63, 3.8) is 0 Å². The Kier molecular flexibility index (Phi) is 5.52. The van der Waals surface area contributed by atoms with Gasteiger partial charge in [-0.3, -0.25) is 9.69 Å². The van der Waals surface area contributed by atoms with Crippen molar-refractivity contribution in [1.82, 2.24) is 0 Å². The predicted octanol–water partition coefficient (Wildman–Crippen LogP) is 3.06. The Morgan fingerprint density at radius 2 is 1.93 bits per heavy atom. The molecule has 0 atom stereocenters. The van der Waals surface area contributed by atoms with Gasteiger partial charge in [-0.05, 0) is 41.5 Å². The molecule has 5 nitrogen and oxygen atoms in total. The number of nitrogens with zero attached hydrogens (tertiary/aromatic N) is 1. The molecule has 0 aromatic heterocycles. The Bertz CT molecular complexity index is 945. The number of carbonyl (C=O) groups excluding carboxylic acids is 2. The number of alkyl halides is 2. The number of benzene rings is 2. The highest BCUT2D eigenvalue weighted by atomic mass is 32.2. The average molecular weight is 406 g/mol. The van der Waals surface area contributed by atoms with E-state index in [1.165, 1.54) is 47.4 Å². The van der Waals surface area contributed by atoms with Gasteiger partial charge < -0.3 is 14.6 Å². The third kappa shape index (κ3) is 4.32. The van der Waals surface area contributed by atoms with E-state index in [-0.39, 0.29) is 15.6 Å². The minimum absolute atomic E-state index is 0.00814. The minimum atomic E-state index is -2.91. The van der Waals surface area contributed by atoms with E-state index in [0.29, 0.717) is 16.2 Å². The van der Waals surface area contributed by atoms with Crippen LogP contribution in [0.4, 0.5) is 14.5 Å². The summed E-state index contributed by atoms with van der Waals surface area (Å²) in [5, 5.41) is 11.0. The average Bonchev–Trinajstić information content (AvgIpc) is 2.90. The molecule has 0 spiro atoms. The molecule has 2 aromatic carbocycles. The van der Waals surface area contributed by atoms with Crippen molar-refractivity contribution in [3.8, 4) is 5.75 Å². The summed E-state index contributed by atoms with van der Waals surface area (Å²) in [4.78, 5) is 25.2. The fourth-order valence-electron chi connectivity index (χ4n) is 2.36.